The van der Waals surface area contributed by atoms with E-state index in [0.29, 0.717) is 25.6 Å². The zero-order valence-corrected chi connectivity index (χ0v) is 17.1. The Kier molecular flexibility index (Phi) is 6.24. The summed E-state index contributed by atoms with van der Waals surface area (Å²) in [6, 6.07) is 8.73. The van der Waals surface area contributed by atoms with Crippen LogP contribution in [0.25, 0.3) is 0 Å². The van der Waals surface area contributed by atoms with Gasteiger partial charge in [0.1, 0.15) is 5.82 Å². The fourth-order valence-electron chi connectivity index (χ4n) is 4.36. The summed E-state index contributed by atoms with van der Waals surface area (Å²) in [5.41, 5.74) is 2.85. The molecule has 29 heavy (non-hydrogen) atoms. The van der Waals surface area contributed by atoms with Crippen molar-refractivity contribution in [3.8, 4) is 0 Å². The highest BCUT2D eigenvalue weighted by Gasteiger charge is 2.25. The van der Waals surface area contributed by atoms with Crippen molar-refractivity contribution < 1.29 is 4.79 Å². The Hall–Kier alpha value is -2.67. The molecule has 2 fully saturated rings. The SMILES string of the molecule is Cc1ccccc1[C@H]1CCN(CCNC(=O)N2CCN(c3cnccn3)CC2)C1. The molecule has 0 aliphatic carbocycles. The summed E-state index contributed by atoms with van der Waals surface area (Å²) in [6.07, 6.45) is 6.35. The minimum atomic E-state index is 0.0402. The van der Waals surface area contributed by atoms with Gasteiger partial charge >= 0.3 is 6.03 Å². The van der Waals surface area contributed by atoms with Gasteiger partial charge in [-0.1, -0.05) is 24.3 Å². The van der Waals surface area contributed by atoms with Gasteiger partial charge in [-0.15, -0.1) is 0 Å². The van der Waals surface area contributed by atoms with Crippen LogP contribution >= 0.6 is 0 Å². The molecule has 7 nitrogen and oxygen atoms in total. The quantitative estimate of drug-likeness (QED) is 0.841. The van der Waals surface area contributed by atoms with E-state index in [9.17, 15) is 4.79 Å². The highest BCUT2D eigenvalue weighted by atomic mass is 16.2. The number of carbonyl (C=O) groups excluding carboxylic acids is 1. The lowest BCUT2D eigenvalue weighted by Gasteiger charge is -2.35. The predicted molar refractivity (Wildman–Crippen MR) is 114 cm³/mol. The van der Waals surface area contributed by atoms with Crippen LogP contribution in [0.5, 0.6) is 0 Å². The van der Waals surface area contributed by atoms with Crippen molar-refractivity contribution in [3.05, 3.63) is 54.0 Å². The van der Waals surface area contributed by atoms with Crippen LogP contribution in [0.2, 0.25) is 0 Å². The second kappa shape index (κ2) is 9.22. The van der Waals surface area contributed by atoms with E-state index in [1.54, 1.807) is 18.6 Å². The molecule has 1 aromatic carbocycles. The Labute approximate surface area is 172 Å². The van der Waals surface area contributed by atoms with Crippen LogP contribution < -0.4 is 10.2 Å². The van der Waals surface area contributed by atoms with E-state index in [0.717, 1.165) is 38.5 Å². The summed E-state index contributed by atoms with van der Waals surface area (Å²) in [6.45, 7) is 8.98. The Morgan fingerprint density at radius 2 is 1.97 bits per heavy atom. The molecular formula is C22H30N6O. The number of urea groups is 1. The number of nitrogens with one attached hydrogen (secondary N) is 1. The Morgan fingerprint density at radius 3 is 2.72 bits per heavy atom. The van der Waals surface area contributed by atoms with Crippen LogP contribution in [0, 0.1) is 6.92 Å². The number of amides is 2. The Balaban J connectivity index is 1.17. The smallest absolute Gasteiger partial charge is 0.317 e. The Bertz CT molecular complexity index is 806. The van der Waals surface area contributed by atoms with E-state index in [2.05, 4.69) is 56.3 Å². The molecule has 0 bridgehead atoms. The third-order valence-electron chi connectivity index (χ3n) is 6.05. The normalized spacial score (nSPS) is 20.1. The first-order valence-corrected chi connectivity index (χ1v) is 10.5. The van der Waals surface area contributed by atoms with Crippen molar-refractivity contribution in [1.82, 2.24) is 25.1 Å². The number of hydrogen-bond acceptors (Lipinski definition) is 5. The molecule has 0 saturated carbocycles. The maximum atomic E-state index is 12.5. The first-order chi connectivity index (χ1) is 14.2. The molecule has 0 unspecified atom stereocenters. The molecule has 0 radical (unpaired) electrons. The highest BCUT2D eigenvalue weighted by Crippen LogP contribution is 2.28. The fraction of sp³-hybridized carbons (Fsp3) is 0.500. The van der Waals surface area contributed by atoms with Gasteiger partial charge in [0.25, 0.3) is 0 Å². The molecule has 2 amide bonds. The number of benzene rings is 1. The molecule has 2 aliphatic heterocycles. The summed E-state index contributed by atoms with van der Waals surface area (Å²) in [7, 11) is 0. The number of nitrogens with zero attached hydrogens (tertiary/aromatic N) is 5. The predicted octanol–water partition coefficient (Wildman–Crippen LogP) is 2.11. The number of carbonyl (C=O) groups is 1. The number of aryl methyl sites for hydroxylation is 1. The van der Waals surface area contributed by atoms with Gasteiger partial charge in [0.2, 0.25) is 0 Å². The monoisotopic (exact) mass is 394 g/mol. The number of hydrogen-bond donors (Lipinski definition) is 1. The molecule has 1 atom stereocenters. The van der Waals surface area contributed by atoms with Crippen LogP contribution in [0.15, 0.2) is 42.9 Å². The van der Waals surface area contributed by atoms with E-state index < -0.39 is 0 Å². The van der Waals surface area contributed by atoms with Gasteiger partial charge in [-0.3, -0.25) is 4.98 Å². The standard InChI is InChI=1S/C22H30N6O/c1-18-4-2-3-5-20(18)19-6-10-26(17-19)11-9-25-22(29)28-14-12-27(13-15-28)21-16-23-7-8-24-21/h2-5,7-8,16,19H,6,9-15,17H2,1H3,(H,25,29)/t19-/m0/s1. The summed E-state index contributed by atoms with van der Waals surface area (Å²) in [5.74, 6) is 1.49. The van der Waals surface area contributed by atoms with Crippen LogP contribution in [0.1, 0.15) is 23.5 Å². The highest BCUT2D eigenvalue weighted by molar-refractivity contribution is 5.74. The van der Waals surface area contributed by atoms with Gasteiger partial charge < -0.3 is 20.0 Å². The van der Waals surface area contributed by atoms with Crippen LogP contribution in [0.3, 0.4) is 0 Å². The molecular weight excluding hydrogens is 364 g/mol. The molecule has 4 rings (SSSR count). The van der Waals surface area contributed by atoms with Crippen molar-refractivity contribution in [3.63, 3.8) is 0 Å². The van der Waals surface area contributed by atoms with Crippen LogP contribution in [-0.4, -0.2) is 78.2 Å². The van der Waals surface area contributed by atoms with Crippen molar-refractivity contribution >= 4 is 11.8 Å². The summed E-state index contributed by atoms with van der Waals surface area (Å²) < 4.78 is 0. The molecule has 7 heteroatoms. The molecule has 1 N–H and O–H groups in total. The van der Waals surface area contributed by atoms with Crippen molar-refractivity contribution in [2.45, 2.75) is 19.3 Å². The second-order valence-corrected chi connectivity index (χ2v) is 7.91. The van der Waals surface area contributed by atoms with E-state index >= 15 is 0 Å². The lowest BCUT2D eigenvalue weighted by atomic mass is 9.94. The zero-order chi connectivity index (χ0) is 20.1. The third-order valence-corrected chi connectivity index (χ3v) is 6.05. The lowest BCUT2D eigenvalue weighted by molar-refractivity contribution is 0.192. The van der Waals surface area contributed by atoms with Crippen LogP contribution in [-0.2, 0) is 0 Å². The van der Waals surface area contributed by atoms with E-state index in [-0.39, 0.29) is 6.03 Å². The number of piperazine rings is 1. The number of anilines is 1. The van der Waals surface area contributed by atoms with Crippen LogP contribution in [0.4, 0.5) is 10.6 Å². The summed E-state index contributed by atoms with van der Waals surface area (Å²) >= 11 is 0. The molecule has 2 saturated heterocycles. The van der Waals surface area contributed by atoms with Gasteiger partial charge in [0.15, 0.2) is 0 Å². The van der Waals surface area contributed by atoms with E-state index in [1.165, 1.54) is 17.5 Å². The van der Waals surface area contributed by atoms with E-state index in [4.69, 9.17) is 0 Å². The zero-order valence-electron chi connectivity index (χ0n) is 17.1. The minimum absolute atomic E-state index is 0.0402. The van der Waals surface area contributed by atoms with Gasteiger partial charge in [-0.05, 0) is 36.9 Å². The van der Waals surface area contributed by atoms with Crippen molar-refractivity contribution in [2.75, 3.05) is 57.3 Å². The first kappa shape index (κ1) is 19.6. The van der Waals surface area contributed by atoms with Gasteiger partial charge in [-0.25, -0.2) is 9.78 Å². The van der Waals surface area contributed by atoms with Gasteiger partial charge in [0.05, 0.1) is 6.20 Å². The van der Waals surface area contributed by atoms with Gasteiger partial charge in [-0.2, -0.15) is 0 Å². The molecule has 3 heterocycles. The van der Waals surface area contributed by atoms with Crippen molar-refractivity contribution in [1.29, 1.82) is 0 Å². The Morgan fingerprint density at radius 1 is 1.14 bits per heavy atom. The van der Waals surface area contributed by atoms with E-state index in [1.807, 2.05) is 4.90 Å². The maximum Gasteiger partial charge on any atom is 0.317 e. The van der Waals surface area contributed by atoms with Gasteiger partial charge in [0, 0.05) is 58.2 Å². The fourth-order valence-corrected chi connectivity index (χ4v) is 4.36. The number of likely N-dealkylation sites (tertiary alicyclic amines) is 1. The number of aromatic nitrogens is 2. The molecule has 1 aromatic heterocycles. The maximum absolute atomic E-state index is 12.5. The number of rotatable bonds is 5. The first-order valence-electron chi connectivity index (χ1n) is 10.5. The molecule has 2 aromatic rings. The topological polar surface area (TPSA) is 64.6 Å². The summed E-state index contributed by atoms with van der Waals surface area (Å²) in [5, 5.41) is 3.10. The molecule has 2 aliphatic rings. The largest absolute Gasteiger partial charge is 0.352 e. The lowest BCUT2D eigenvalue weighted by Crippen LogP contribution is -2.52. The average Bonchev–Trinajstić information content (AvgIpc) is 3.23. The minimum Gasteiger partial charge on any atom is -0.352 e. The second-order valence-electron chi connectivity index (χ2n) is 7.91. The molecule has 154 valence electrons. The third kappa shape index (κ3) is 4.85. The average molecular weight is 395 g/mol. The molecule has 0 spiro atoms. The summed E-state index contributed by atoms with van der Waals surface area (Å²) in [4.78, 5) is 27.5. The van der Waals surface area contributed by atoms with Crippen molar-refractivity contribution in [2.24, 2.45) is 0 Å².